The Labute approximate surface area is 141 Å². The zero-order valence-electron chi connectivity index (χ0n) is 12.7. The molecule has 0 radical (unpaired) electrons. The summed E-state index contributed by atoms with van der Waals surface area (Å²) >= 11 is 3.54. The van der Waals surface area contributed by atoms with E-state index in [1.165, 1.54) is 20.3 Å². The van der Waals surface area contributed by atoms with Gasteiger partial charge in [-0.05, 0) is 42.3 Å². The summed E-state index contributed by atoms with van der Waals surface area (Å²) in [5, 5.41) is 1.22. The van der Waals surface area contributed by atoms with Crippen molar-refractivity contribution in [1.82, 2.24) is 4.98 Å². The van der Waals surface area contributed by atoms with Crippen molar-refractivity contribution in [2.45, 2.75) is 6.42 Å². The summed E-state index contributed by atoms with van der Waals surface area (Å²) < 4.78 is 9.09. The summed E-state index contributed by atoms with van der Waals surface area (Å²) in [5.74, 6) is 0.891. The van der Waals surface area contributed by atoms with Gasteiger partial charge in [0.2, 0.25) is 0 Å². The van der Waals surface area contributed by atoms with Gasteiger partial charge in [-0.15, -0.1) is 22.7 Å². The van der Waals surface area contributed by atoms with Gasteiger partial charge >= 0.3 is 0 Å². The molecule has 0 spiro atoms. The highest BCUT2D eigenvalue weighted by atomic mass is 32.2. The fraction of sp³-hybridized carbons (Fsp3) is 0.167. The molecule has 4 aromatic rings. The van der Waals surface area contributed by atoms with E-state index in [1.54, 1.807) is 29.8 Å². The zero-order valence-corrected chi connectivity index (χ0v) is 14.3. The molecule has 0 saturated carbocycles. The second kappa shape index (κ2) is 6.18. The summed E-state index contributed by atoms with van der Waals surface area (Å²) in [6.45, 7) is 0.799. The zero-order chi connectivity index (χ0) is 15.6. The molecule has 3 nitrogen and oxygen atoms in total. The lowest BCUT2D eigenvalue weighted by atomic mass is 10.1. The van der Waals surface area contributed by atoms with Crippen LogP contribution in [0, 0.1) is 0 Å². The van der Waals surface area contributed by atoms with Crippen molar-refractivity contribution in [2.24, 2.45) is 4.99 Å². The van der Waals surface area contributed by atoms with Crippen molar-refractivity contribution in [3.63, 3.8) is 0 Å². The number of hydrogen-bond donors (Lipinski definition) is 1. The Morgan fingerprint density at radius 2 is 1.87 bits per heavy atom. The van der Waals surface area contributed by atoms with E-state index in [1.807, 2.05) is 6.07 Å². The monoisotopic (exact) mass is 340 g/mol. The van der Waals surface area contributed by atoms with Crippen LogP contribution >= 0.6 is 22.7 Å². The molecule has 0 bridgehead atoms. The quantitative estimate of drug-likeness (QED) is 0.579. The lowest BCUT2D eigenvalue weighted by Crippen LogP contribution is -1.94. The van der Waals surface area contributed by atoms with Crippen molar-refractivity contribution in [3.05, 3.63) is 58.2 Å². The Bertz CT molecular complexity index is 990. The molecule has 0 amide bonds. The molecule has 0 saturated heterocycles. The predicted octanol–water partition coefficient (Wildman–Crippen LogP) is 4.60. The summed E-state index contributed by atoms with van der Waals surface area (Å²) in [6.07, 6.45) is 3.00. The SMILES string of the molecule is COc1ccc2[nH]cc(CCN=c3sc4ccccc4s3)c2c1. The maximum atomic E-state index is 5.32. The number of nitrogens with one attached hydrogen (secondary N) is 1. The van der Waals surface area contributed by atoms with Crippen LogP contribution in [0.1, 0.15) is 5.56 Å². The number of H-pyrrole nitrogens is 1. The van der Waals surface area contributed by atoms with Gasteiger partial charge in [0.1, 0.15) is 5.75 Å². The van der Waals surface area contributed by atoms with Crippen molar-refractivity contribution in [2.75, 3.05) is 13.7 Å². The molecule has 116 valence electrons. The number of fused-ring (bicyclic) bond motifs is 2. The van der Waals surface area contributed by atoms with Gasteiger partial charge in [0.25, 0.3) is 0 Å². The molecular weight excluding hydrogens is 324 g/mol. The Kier molecular flexibility index (Phi) is 3.89. The number of methoxy groups -OCH3 is 1. The van der Waals surface area contributed by atoms with Crippen LogP contribution in [0.5, 0.6) is 5.75 Å². The molecule has 2 heterocycles. The molecular formula is C18H16N2OS2. The Hall–Kier alpha value is -2.11. The van der Waals surface area contributed by atoms with Crippen LogP contribution in [0.3, 0.4) is 0 Å². The van der Waals surface area contributed by atoms with E-state index in [0.717, 1.165) is 28.2 Å². The highest BCUT2D eigenvalue weighted by Gasteiger charge is 2.05. The maximum Gasteiger partial charge on any atom is 0.167 e. The van der Waals surface area contributed by atoms with E-state index in [-0.39, 0.29) is 0 Å². The number of ether oxygens (including phenoxy) is 1. The van der Waals surface area contributed by atoms with Crippen molar-refractivity contribution in [1.29, 1.82) is 0 Å². The third-order valence-corrected chi connectivity index (χ3v) is 6.23. The number of nitrogens with zero attached hydrogens (tertiary/aromatic N) is 1. The minimum atomic E-state index is 0.799. The Morgan fingerprint density at radius 1 is 1.09 bits per heavy atom. The summed E-state index contributed by atoms with van der Waals surface area (Å²) in [4.78, 5) is 8.08. The van der Waals surface area contributed by atoms with Crippen LogP contribution in [0.2, 0.25) is 0 Å². The molecule has 2 aromatic heterocycles. The van der Waals surface area contributed by atoms with Gasteiger partial charge in [0.05, 0.1) is 7.11 Å². The first kappa shape index (κ1) is 14.5. The molecule has 5 heteroatoms. The Morgan fingerprint density at radius 3 is 2.61 bits per heavy atom. The molecule has 0 atom stereocenters. The van der Waals surface area contributed by atoms with E-state index in [0.29, 0.717) is 0 Å². The molecule has 2 aromatic carbocycles. The summed E-state index contributed by atoms with van der Waals surface area (Å²) in [5.41, 5.74) is 2.43. The Balaban J connectivity index is 1.58. The van der Waals surface area contributed by atoms with E-state index in [4.69, 9.17) is 9.73 Å². The molecule has 1 N–H and O–H groups in total. The average Bonchev–Trinajstić information content (AvgIpc) is 3.18. The molecule has 0 unspecified atom stereocenters. The minimum Gasteiger partial charge on any atom is -0.497 e. The minimum absolute atomic E-state index is 0.799. The fourth-order valence-corrected chi connectivity index (χ4v) is 4.93. The van der Waals surface area contributed by atoms with E-state index < -0.39 is 0 Å². The fourth-order valence-electron chi connectivity index (χ4n) is 2.65. The van der Waals surface area contributed by atoms with E-state index >= 15 is 0 Å². The second-order valence-corrected chi connectivity index (χ2v) is 7.59. The number of aromatic amines is 1. The van der Waals surface area contributed by atoms with Gasteiger partial charge in [-0.1, -0.05) is 12.1 Å². The largest absolute Gasteiger partial charge is 0.497 e. The van der Waals surface area contributed by atoms with Crippen LogP contribution in [0.4, 0.5) is 0 Å². The van der Waals surface area contributed by atoms with E-state index in [2.05, 4.69) is 47.6 Å². The van der Waals surface area contributed by atoms with Crippen LogP contribution in [0.15, 0.2) is 53.7 Å². The summed E-state index contributed by atoms with van der Waals surface area (Å²) in [7, 11) is 1.70. The first-order valence-electron chi connectivity index (χ1n) is 7.46. The second-order valence-electron chi connectivity index (χ2n) is 5.27. The van der Waals surface area contributed by atoms with Crippen LogP contribution < -0.4 is 8.72 Å². The first-order chi connectivity index (χ1) is 11.3. The molecule has 0 aliphatic carbocycles. The molecule has 0 aliphatic rings. The standard InChI is InChI=1S/C18H16N2OS2/c1-21-13-6-7-15-14(10-13)12(11-20-15)8-9-19-18-22-16-4-2-3-5-17(16)23-18/h2-7,10-11,20H,8-9H2,1H3. The summed E-state index contributed by atoms with van der Waals surface area (Å²) in [6, 6.07) is 14.6. The van der Waals surface area contributed by atoms with E-state index in [9.17, 15) is 0 Å². The van der Waals surface area contributed by atoms with Gasteiger partial charge in [-0.25, -0.2) is 0 Å². The lowest BCUT2D eigenvalue weighted by Gasteiger charge is -2.00. The normalized spacial score (nSPS) is 11.2. The van der Waals surface area contributed by atoms with Crippen molar-refractivity contribution in [3.8, 4) is 5.75 Å². The topological polar surface area (TPSA) is 37.4 Å². The van der Waals surface area contributed by atoms with Gasteiger partial charge in [-0.2, -0.15) is 0 Å². The first-order valence-corrected chi connectivity index (χ1v) is 9.10. The van der Waals surface area contributed by atoms with Gasteiger partial charge in [0, 0.05) is 33.0 Å². The van der Waals surface area contributed by atoms with Gasteiger partial charge < -0.3 is 9.72 Å². The molecule has 4 rings (SSSR count). The molecule has 0 fully saturated rings. The maximum absolute atomic E-state index is 5.32. The molecule has 0 aliphatic heterocycles. The smallest absolute Gasteiger partial charge is 0.167 e. The average molecular weight is 340 g/mol. The number of aromatic nitrogens is 1. The van der Waals surface area contributed by atoms with Gasteiger partial charge in [-0.3, -0.25) is 4.99 Å². The third kappa shape index (κ3) is 2.90. The van der Waals surface area contributed by atoms with Gasteiger partial charge in [0.15, 0.2) is 3.98 Å². The van der Waals surface area contributed by atoms with Crippen molar-refractivity contribution < 1.29 is 4.74 Å². The third-order valence-electron chi connectivity index (χ3n) is 3.84. The van der Waals surface area contributed by atoms with Crippen LogP contribution in [-0.2, 0) is 6.42 Å². The molecule has 23 heavy (non-hydrogen) atoms. The number of rotatable bonds is 4. The van der Waals surface area contributed by atoms with Crippen LogP contribution in [0.25, 0.3) is 20.3 Å². The highest BCUT2D eigenvalue weighted by molar-refractivity contribution is 7.35. The van der Waals surface area contributed by atoms with Crippen molar-refractivity contribution >= 4 is 43.0 Å². The number of benzene rings is 2. The highest BCUT2D eigenvalue weighted by Crippen LogP contribution is 2.24. The van der Waals surface area contributed by atoms with Crippen LogP contribution in [-0.4, -0.2) is 18.6 Å². The predicted molar refractivity (Wildman–Crippen MR) is 98.7 cm³/mol. The lowest BCUT2D eigenvalue weighted by molar-refractivity contribution is 0.415. The number of hydrogen-bond acceptors (Lipinski definition) is 4.